The highest BCUT2D eigenvalue weighted by Crippen LogP contribution is 2.38. The predicted molar refractivity (Wildman–Crippen MR) is 127 cm³/mol. The van der Waals surface area contributed by atoms with Gasteiger partial charge in [0, 0.05) is 30.4 Å². The van der Waals surface area contributed by atoms with Gasteiger partial charge in [0.1, 0.15) is 0 Å². The van der Waals surface area contributed by atoms with Crippen molar-refractivity contribution in [2.24, 2.45) is 5.92 Å². The van der Waals surface area contributed by atoms with E-state index in [-0.39, 0.29) is 23.8 Å². The standard InChI is InChI=1S/C24H27N3O2S2/c28-23(25-16-20(22-10-5-15-30-22)27-11-13-29-14-12-27)17-6-1-2-7-18(17)24-26-19-8-3-4-9-21(19)31-24/h1-5,8-10,15,17-18,20H,6-7,11-14,16H2,(H,25,28)/t17-,18+,20-/m1/s1. The average molecular weight is 454 g/mol. The van der Waals surface area contributed by atoms with E-state index < -0.39 is 0 Å². The molecule has 2 aromatic heterocycles. The van der Waals surface area contributed by atoms with Crippen LogP contribution in [0.5, 0.6) is 0 Å². The van der Waals surface area contributed by atoms with Crippen molar-refractivity contribution in [3.63, 3.8) is 0 Å². The number of benzene rings is 1. The monoisotopic (exact) mass is 453 g/mol. The number of hydrogen-bond acceptors (Lipinski definition) is 6. The van der Waals surface area contributed by atoms with Crippen LogP contribution in [0.15, 0.2) is 53.9 Å². The van der Waals surface area contributed by atoms with E-state index in [4.69, 9.17) is 9.72 Å². The number of hydrogen-bond donors (Lipinski definition) is 1. The van der Waals surface area contributed by atoms with Crippen molar-refractivity contribution in [2.75, 3.05) is 32.8 Å². The summed E-state index contributed by atoms with van der Waals surface area (Å²) in [5.41, 5.74) is 1.03. The van der Waals surface area contributed by atoms with Gasteiger partial charge >= 0.3 is 0 Å². The molecule has 3 aromatic rings. The Kier molecular flexibility index (Phi) is 6.45. The van der Waals surface area contributed by atoms with E-state index in [9.17, 15) is 4.79 Å². The minimum Gasteiger partial charge on any atom is -0.379 e. The number of para-hydroxylation sites is 1. The van der Waals surface area contributed by atoms with Crippen molar-refractivity contribution >= 4 is 38.8 Å². The van der Waals surface area contributed by atoms with Crippen molar-refractivity contribution in [1.29, 1.82) is 0 Å². The fourth-order valence-corrected chi connectivity index (χ4v) is 6.54. The van der Waals surface area contributed by atoms with Gasteiger partial charge in [-0.2, -0.15) is 0 Å². The van der Waals surface area contributed by atoms with Gasteiger partial charge in [0.05, 0.1) is 40.4 Å². The van der Waals surface area contributed by atoms with Crippen molar-refractivity contribution < 1.29 is 9.53 Å². The van der Waals surface area contributed by atoms with Gasteiger partial charge in [0.2, 0.25) is 5.91 Å². The van der Waals surface area contributed by atoms with E-state index in [1.165, 1.54) is 9.58 Å². The molecule has 1 aromatic carbocycles. The first-order chi connectivity index (χ1) is 15.3. The highest BCUT2D eigenvalue weighted by Gasteiger charge is 2.33. The Morgan fingerprint density at radius 3 is 2.81 bits per heavy atom. The number of thiophene rings is 1. The number of amides is 1. The molecule has 3 heterocycles. The maximum Gasteiger partial charge on any atom is 0.224 e. The molecule has 5 nitrogen and oxygen atoms in total. The Balaban J connectivity index is 1.31. The Hall–Kier alpha value is -2.06. The van der Waals surface area contributed by atoms with Crippen LogP contribution in [0.4, 0.5) is 0 Å². The Morgan fingerprint density at radius 2 is 2.00 bits per heavy atom. The molecule has 0 saturated carbocycles. The molecule has 0 spiro atoms. The number of nitrogens with one attached hydrogen (secondary N) is 1. The number of thiazole rings is 1. The predicted octanol–water partition coefficient (Wildman–Crippen LogP) is 4.60. The van der Waals surface area contributed by atoms with Crippen molar-refractivity contribution in [1.82, 2.24) is 15.2 Å². The van der Waals surface area contributed by atoms with Crippen LogP contribution < -0.4 is 5.32 Å². The highest BCUT2D eigenvalue weighted by atomic mass is 32.1. The summed E-state index contributed by atoms with van der Waals surface area (Å²) < 4.78 is 6.73. The van der Waals surface area contributed by atoms with E-state index in [1.807, 2.05) is 12.1 Å². The van der Waals surface area contributed by atoms with Crippen molar-refractivity contribution in [3.05, 3.63) is 63.8 Å². The first-order valence-corrected chi connectivity index (χ1v) is 12.6. The molecule has 1 amide bonds. The van der Waals surface area contributed by atoms with Crippen LogP contribution in [0, 0.1) is 5.92 Å². The second-order valence-corrected chi connectivity index (χ2v) is 10.1. The minimum absolute atomic E-state index is 0.0702. The van der Waals surface area contributed by atoms with Gasteiger partial charge < -0.3 is 10.1 Å². The van der Waals surface area contributed by atoms with Crippen LogP contribution in [-0.4, -0.2) is 48.6 Å². The molecule has 0 bridgehead atoms. The Bertz CT molecular complexity index is 1010. The van der Waals surface area contributed by atoms with Gasteiger partial charge in [-0.05, 0) is 36.4 Å². The summed E-state index contributed by atoms with van der Waals surface area (Å²) in [6.45, 7) is 3.94. The first-order valence-electron chi connectivity index (χ1n) is 10.9. The van der Waals surface area contributed by atoms with Gasteiger partial charge in [-0.1, -0.05) is 30.4 Å². The van der Waals surface area contributed by atoms with Gasteiger partial charge in [0.25, 0.3) is 0 Å². The molecule has 0 unspecified atom stereocenters. The molecule has 162 valence electrons. The zero-order valence-corrected chi connectivity index (χ0v) is 19.0. The molecule has 1 aliphatic carbocycles. The number of rotatable bonds is 6. The van der Waals surface area contributed by atoms with Crippen LogP contribution in [-0.2, 0) is 9.53 Å². The molecule has 1 N–H and O–H groups in total. The highest BCUT2D eigenvalue weighted by molar-refractivity contribution is 7.18. The van der Waals surface area contributed by atoms with Crippen LogP contribution in [0.2, 0.25) is 0 Å². The van der Waals surface area contributed by atoms with Crippen LogP contribution in [0.1, 0.15) is 34.7 Å². The largest absolute Gasteiger partial charge is 0.379 e. The van der Waals surface area contributed by atoms with Crippen LogP contribution >= 0.6 is 22.7 Å². The lowest BCUT2D eigenvalue weighted by atomic mass is 9.82. The van der Waals surface area contributed by atoms with Crippen molar-refractivity contribution in [2.45, 2.75) is 24.8 Å². The number of aromatic nitrogens is 1. The molecular formula is C24H27N3O2S2. The lowest BCUT2D eigenvalue weighted by Crippen LogP contribution is -2.45. The third-order valence-corrected chi connectivity index (χ3v) is 8.37. The van der Waals surface area contributed by atoms with E-state index in [0.29, 0.717) is 6.54 Å². The smallest absolute Gasteiger partial charge is 0.224 e. The molecule has 1 aliphatic heterocycles. The lowest BCUT2D eigenvalue weighted by molar-refractivity contribution is -0.126. The van der Waals surface area contributed by atoms with Crippen molar-refractivity contribution in [3.8, 4) is 0 Å². The molecule has 2 aliphatic rings. The molecule has 1 saturated heterocycles. The fraction of sp³-hybridized carbons (Fsp3) is 0.417. The summed E-state index contributed by atoms with van der Waals surface area (Å²) >= 11 is 3.48. The van der Waals surface area contributed by atoms with Gasteiger partial charge in [0.15, 0.2) is 0 Å². The van der Waals surface area contributed by atoms with E-state index >= 15 is 0 Å². The second kappa shape index (κ2) is 9.61. The van der Waals surface area contributed by atoms with Gasteiger partial charge in [-0.15, -0.1) is 22.7 Å². The molecule has 3 atom stereocenters. The summed E-state index contributed by atoms with van der Waals surface area (Å²) in [5.74, 6) is 0.216. The summed E-state index contributed by atoms with van der Waals surface area (Å²) in [5, 5.41) is 6.49. The number of nitrogens with zero attached hydrogens (tertiary/aromatic N) is 2. The summed E-state index contributed by atoms with van der Waals surface area (Å²) in [6, 6.07) is 12.7. The Morgan fingerprint density at radius 1 is 1.16 bits per heavy atom. The summed E-state index contributed by atoms with van der Waals surface area (Å²) in [6.07, 6.45) is 5.98. The molecule has 31 heavy (non-hydrogen) atoms. The third kappa shape index (κ3) is 4.60. The molecule has 5 rings (SSSR count). The summed E-state index contributed by atoms with van der Waals surface area (Å²) in [4.78, 5) is 21.9. The van der Waals surface area contributed by atoms with Crippen LogP contribution in [0.25, 0.3) is 10.2 Å². The average Bonchev–Trinajstić information content (AvgIpc) is 3.50. The van der Waals surface area contributed by atoms with Crippen LogP contribution in [0.3, 0.4) is 0 Å². The van der Waals surface area contributed by atoms with Gasteiger partial charge in [-0.25, -0.2) is 4.98 Å². The maximum atomic E-state index is 13.3. The number of morpholine rings is 1. The van der Waals surface area contributed by atoms with E-state index in [1.54, 1.807) is 22.7 Å². The molecule has 7 heteroatoms. The quantitative estimate of drug-likeness (QED) is 0.555. The van der Waals surface area contributed by atoms with Gasteiger partial charge in [-0.3, -0.25) is 9.69 Å². The third-order valence-electron chi connectivity index (χ3n) is 6.22. The number of ether oxygens (including phenoxy) is 1. The number of allylic oxidation sites excluding steroid dienone is 2. The first kappa shape index (κ1) is 20.8. The zero-order chi connectivity index (χ0) is 21.0. The molecule has 1 fully saturated rings. The summed E-state index contributed by atoms with van der Waals surface area (Å²) in [7, 11) is 0. The Labute approximate surface area is 190 Å². The zero-order valence-electron chi connectivity index (χ0n) is 17.4. The van der Waals surface area contributed by atoms with E-state index in [2.05, 4.69) is 52.0 Å². The maximum absolute atomic E-state index is 13.3. The minimum atomic E-state index is -0.0702. The SMILES string of the molecule is O=C(NC[C@H](c1cccs1)N1CCOCC1)[C@@H]1CC=CC[C@@H]1c1nc2ccccc2s1. The molecular weight excluding hydrogens is 426 g/mol. The number of carbonyl (C=O) groups is 1. The topological polar surface area (TPSA) is 54.5 Å². The lowest BCUT2D eigenvalue weighted by Gasteiger charge is -2.34. The normalized spacial score (nSPS) is 23.1. The second-order valence-electron chi connectivity index (χ2n) is 8.10. The molecule has 0 radical (unpaired) electrons. The van der Waals surface area contributed by atoms with E-state index in [0.717, 1.165) is 49.7 Å². The number of carbonyl (C=O) groups excluding carboxylic acids is 1. The fourth-order valence-electron chi connectivity index (χ4n) is 4.53. The number of fused-ring (bicyclic) bond motifs is 1.